The van der Waals surface area contributed by atoms with Crippen LogP contribution in [-0.4, -0.2) is 5.78 Å². The van der Waals surface area contributed by atoms with E-state index in [0.717, 1.165) is 6.07 Å². The van der Waals surface area contributed by atoms with Gasteiger partial charge in [0.2, 0.25) is 0 Å². The lowest BCUT2D eigenvalue weighted by molar-refractivity contribution is 0.0988. The van der Waals surface area contributed by atoms with E-state index in [4.69, 9.17) is 11.6 Å². The Kier molecular flexibility index (Phi) is 4.32. The van der Waals surface area contributed by atoms with Gasteiger partial charge in [0.05, 0.1) is 5.56 Å². The number of rotatable bonds is 3. The maximum atomic E-state index is 13.5. The summed E-state index contributed by atoms with van der Waals surface area (Å²) in [5, 5.41) is 0.263. The van der Waals surface area contributed by atoms with Gasteiger partial charge in [-0.15, -0.1) is 0 Å². The maximum absolute atomic E-state index is 13.5. The second-order valence-electron chi connectivity index (χ2n) is 3.96. The van der Waals surface area contributed by atoms with Gasteiger partial charge < -0.3 is 0 Å². The van der Waals surface area contributed by atoms with E-state index >= 15 is 0 Å². The summed E-state index contributed by atoms with van der Waals surface area (Å²) in [7, 11) is 0. The van der Waals surface area contributed by atoms with Crippen LogP contribution in [0.5, 0.6) is 0 Å². The van der Waals surface area contributed by atoms with Crippen molar-refractivity contribution in [2.24, 2.45) is 0 Å². The van der Waals surface area contributed by atoms with Gasteiger partial charge in [-0.1, -0.05) is 27.5 Å². The molecule has 0 bridgehead atoms. The highest BCUT2D eigenvalue weighted by atomic mass is 79.9. The average molecular weight is 346 g/mol. The van der Waals surface area contributed by atoms with Gasteiger partial charge in [-0.3, -0.25) is 4.79 Å². The highest BCUT2D eigenvalue weighted by Gasteiger charge is 2.15. The predicted molar refractivity (Wildman–Crippen MR) is 73.5 cm³/mol. The fraction of sp³-hybridized carbons (Fsp3) is 0.0714. The van der Waals surface area contributed by atoms with Crippen LogP contribution >= 0.6 is 27.5 Å². The summed E-state index contributed by atoms with van der Waals surface area (Å²) in [4.78, 5) is 12.0. The molecular weight excluding hydrogens is 338 g/mol. The Morgan fingerprint density at radius 2 is 1.79 bits per heavy atom. The van der Waals surface area contributed by atoms with Crippen molar-refractivity contribution in [3.63, 3.8) is 0 Å². The van der Waals surface area contributed by atoms with Crippen LogP contribution in [0.15, 0.2) is 40.9 Å². The highest BCUT2D eigenvalue weighted by Crippen LogP contribution is 2.20. The van der Waals surface area contributed by atoms with Crippen molar-refractivity contribution >= 4 is 33.3 Å². The molecule has 0 spiro atoms. The first-order valence-electron chi connectivity index (χ1n) is 5.39. The second kappa shape index (κ2) is 5.80. The van der Waals surface area contributed by atoms with E-state index in [1.165, 1.54) is 30.3 Å². The zero-order valence-electron chi connectivity index (χ0n) is 9.59. The fourth-order valence-electron chi connectivity index (χ4n) is 1.66. The zero-order valence-corrected chi connectivity index (χ0v) is 11.9. The van der Waals surface area contributed by atoms with Gasteiger partial charge >= 0.3 is 0 Å². The van der Waals surface area contributed by atoms with Crippen LogP contribution in [0.3, 0.4) is 0 Å². The Balaban J connectivity index is 2.30. The number of hydrogen-bond acceptors (Lipinski definition) is 1. The molecule has 2 aromatic rings. The predicted octanol–water partition coefficient (Wildman–Crippen LogP) is 4.81. The summed E-state index contributed by atoms with van der Waals surface area (Å²) in [6, 6.07) is 8.00. The Morgan fingerprint density at radius 1 is 1.11 bits per heavy atom. The van der Waals surface area contributed by atoms with Gasteiger partial charge in [-0.2, -0.15) is 0 Å². The Labute approximate surface area is 122 Å². The van der Waals surface area contributed by atoms with Crippen LogP contribution in [0.2, 0.25) is 5.02 Å². The molecule has 98 valence electrons. The van der Waals surface area contributed by atoms with E-state index in [9.17, 15) is 13.6 Å². The zero-order chi connectivity index (χ0) is 14.0. The van der Waals surface area contributed by atoms with E-state index in [0.29, 0.717) is 4.47 Å². The van der Waals surface area contributed by atoms with Crippen LogP contribution in [-0.2, 0) is 6.42 Å². The van der Waals surface area contributed by atoms with Gasteiger partial charge in [0.1, 0.15) is 11.6 Å². The van der Waals surface area contributed by atoms with Crippen molar-refractivity contribution in [2.75, 3.05) is 0 Å². The molecule has 0 atom stereocenters. The van der Waals surface area contributed by atoms with Crippen molar-refractivity contribution in [1.29, 1.82) is 0 Å². The number of carbonyl (C=O) groups is 1. The van der Waals surface area contributed by atoms with E-state index in [2.05, 4.69) is 15.9 Å². The number of ketones is 1. The molecule has 2 aromatic carbocycles. The lowest BCUT2D eigenvalue weighted by Crippen LogP contribution is -2.07. The first-order chi connectivity index (χ1) is 8.97. The quantitative estimate of drug-likeness (QED) is 0.730. The Morgan fingerprint density at radius 3 is 2.53 bits per heavy atom. The highest BCUT2D eigenvalue weighted by molar-refractivity contribution is 9.10. The lowest BCUT2D eigenvalue weighted by atomic mass is 10.0. The molecule has 0 N–H and O–H groups in total. The molecule has 0 amide bonds. The third-order valence-corrected chi connectivity index (χ3v) is 3.32. The number of carbonyl (C=O) groups excluding carboxylic acids is 1. The molecule has 0 saturated heterocycles. The van der Waals surface area contributed by atoms with Crippen molar-refractivity contribution in [3.05, 3.63) is 68.7 Å². The molecule has 0 unspecified atom stereocenters. The van der Waals surface area contributed by atoms with Gasteiger partial charge in [-0.05, 0) is 42.0 Å². The van der Waals surface area contributed by atoms with Crippen LogP contribution in [0.1, 0.15) is 15.9 Å². The Hall–Kier alpha value is -1.26. The minimum absolute atomic E-state index is 0.133. The summed E-state index contributed by atoms with van der Waals surface area (Å²) in [6.45, 7) is 0. The van der Waals surface area contributed by atoms with Gasteiger partial charge in [0.25, 0.3) is 0 Å². The van der Waals surface area contributed by atoms with E-state index < -0.39 is 17.4 Å². The molecule has 0 aromatic heterocycles. The van der Waals surface area contributed by atoms with Gasteiger partial charge in [-0.25, -0.2) is 8.78 Å². The van der Waals surface area contributed by atoms with Crippen LogP contribution in [0.25, 0.3) is 0 Å². The summed E-state index contributed by atoms with van der Waals surface area (Å²) >= 11 is 8.92. The lowest BCUT2D eigenvalue weighted by Gasteiger charge is -2.05. The first kappa shape index (κ1) is 14.2. The van der Waals surface area contributed by atoms with E-state index in [1.54, 1.807) is 0 Å². The Bertz CT molecular complexity index is 643. The molecule has 0 saturated carbocycles. The molecule has 19 heavy (non-hydrogen) atoms. The molecule has 0 aliphatic rings. The molecule has 0 heterocycles. The molecule has 1 nitrogen and oxygen atoms in total. The average Bonchev–Trinajstić information content (AvgIpc) is 2.36. The van der Waals surface area contributed by atoms with Crippen molar-refractivity contribution in [3.8, 4) is 0 Å². The number of Topliss-reactive ketones (excluding diaryl/α,β-unsaturated/α-hetero) is 1. The monoisotopic (exact) mass is 344 g/mol. The minimum atomic E-state index is -0.662. The number of hydrogen-bond donors (Lipinski definition) is 0. The third-order valence-electron chi connectivity index (χ3n) is 2.59. The molecule has 2 rings (SSSR count). The van der Waals surface area contributed by atoms with Crippen LogP contribution in [0, 0.1) is 11.6 Å². The van der Waals surface area contributed by atoms with Crippen molar-refractivity contribution in [2.45, 2.75) is 6.42 Å². The smallest absolute Gasteiger partial charge is 0.170 e. The van der Waals surface area contributed by atoms with Crippen molar-refractivity contribution < 1.29 is 13.6 Å². The number of halogens is 4. The van der Waals surface area contributed by atoms with E-state index in [1.807, 2.05) is 0 Å². The number of benzene rings is 2. The molecule has 0 radical (unpaired) electrons. The summed E-state index contributed by atoms with van der Waals surface area (Å²) in [5.41, 5.74) is 0.0747. The first-order valence-corrected chi connectivity index (χ1v) is 6.56. The minimum Gasteiger partial charge on any atom is -0.294 e. The van der Waals surface area contributed by atoms with Gasteiger partial charge in [0.15, 0.2) is 5.78 Å². The molecule has 0 aliphatic carbocycles. The summed E-state index contributed by atoms with van der Waals surface area (Å²) in [6.07, 6.45) is -0.220. The topological polar surface area (TPSA) is 17.1 Å². The molecular formula is C14H8BrClF2O. The fourth-order valence-corrected chi connectivity index (χ4v) is 2.24. The van der Waals surface area contributed by atoms with Gasteiger partial charge in [0, 0.05) is 15.9 Å². The van der Waals surface area contributed by atoms with Crippen molar-refractivity contribution in [1.82, 2.24) is 0 Å². The van der Waals surface area contributed by atoms with E-state index in [-0.39, 0.29) is 22.6 Å². The normalized spacial score (nSPS) is 10.5. The summed E-state index contributed by atoms with van der Waals surface area (Å²) < 4.78 is 27.7. The van der Waals surface area contributed by atoms with Crippen LogP contribution < -0.4 is 0 Å². The molecule has 0 aliphatic heterocycles. The van der Waals surface area contributed by atoms with Crippen LogP contribution in [0.4, 0.5) is 8.78 Å². The largest absolute Gasteiger partial charge is 0.294 e. The summed E-state index contributed by atoms with van der Waals surface area (Å²) in [5.74, 6) is -1.68. The SMILES string of the molecule is O=C(Cc1cc(Br)ccc1F)c1cc(Cl)ccc1F. The molecule has 0 fully saturated rings. The maximum Gasteiger partial charge on any atom is 0.170 e. The third kappa shape index (κ3) is 3.39. The molecule has 5 heteroatoms. The second-order valence-corrected chi connectivity index (χ2v) is 5.31. The standard InChI is InChI=1S/C14H8BrClF2O/c15-9-1-3-12(17)8(5-9)6-14(19)11-7-10(16)2-4-13(11)18/h1-5,7H,6H2.